The van der Waals surface area contributed by atoms with E-state index < -0.39 is 0 Å². The Morgan fingerprint density at radius 1 is 1.32 bits per heavy atom. The minimum atomic E-state index is 0.538. The van der Waals surface area contributed by atoms with Crippen molar-refractivity contribution in [1.82, 2.24) is 0 Å². The molecule has 0 amide bonds. The summed E-state index contributed by atoms with van der Waals surface area (Å²) in [5, 5.41) is 0. The molecular formula is C18H19N. The van der Waals surface area contributed by atoms with Crippen LogP contribution in [0, 0.1) is 12.3 Å². The van der Waals surface area contributed by atoms with Crippen LogP contribution in [0.3, 0.4) is 0 Å². The van der Waals surface area contributed by atoms with Crippen LogP contribution in [0.4, 0.5) is 0 Å². The van der Waals surface area contributed by atoms with Crippen molar-refractivity contribution < 1.29 is 0 Å². The molecule has 1 heteroatoms. The third-order valence-corrected chi connectivity index (χ3v) is 2.73. The second-order valence-corrected chi connectivity index (χ2v) is 4.21. The minimum Gasteiger partial charge on any atom is -0.399 e. The van der Waals surface area contributed by atoms with Crippen LogP contribution in [-0.4, -0.2) is 0 Å². The average molecular weight is 249 g/mol. The Morgan fingerprint density at radius 3 is 2.58 bits per heavy atom. The van der Waals surface area contributed by atoms with Crippen LogP contribution < -0.4 is 5.73 Å². The summed E-state index contributed by atoms with van der Waals surface area (Å²) in [4.78, 5) is 0. The smallest absolute Gasteiger partial charge is 0.0315 e. The molecule has 0 saturated carbocycles. The molecule has 0 bridgehead atoms. The van der Waals surface area contributed by atoms with Gasteiger partial charge >= 0.3 is 0 Å². The molecule has 0 aliphatic rings. The number of nitrogens with two attached hydrogens (primary N) is 1. The molecule has 0 aliphatic heterocycles. The Kier molecular flexibility index (Phi) is 5.44. The molecular weight excluding hydrogens is 230 g/mol. The van der Waals surface area contributed by atoms with Crippen molar-refractivity contribution in [1.29, 1.82) is 0 Å². The summed E-state index contributed by atoms with van der Waals surface area (Å²) in [7, 11) is 0. The van der Waals surface area contributed by atoms with Crippen molar-refractivity contribution >= 4 is 6.08 Å². The highest BCUT2D eigenvalue weighted by Gasteiger charge is 1.99. The van der Waals surface area contributed by atoms with E-state index >= 15 is 0 Å². The van der Waals surface area contributed by atoms with E-state index in [0.717, 1.165) is 22.3 Å². The van der Waals surface area contributed by atoms with Crippen molar-refractivity contribution in [3.8, 4) is 12.3 Å². The largest absolute Gasteiger partial charge is 0.399 e. The summed E-state index contributed by atoms with van der Waals surface area (Å²) in [5.41, 5.74) is 10.2. The predicted octanol–water partition coefficient (Wildman–Crippen LogP) is 4.05. The van der Waals surface area contributed by atoms with Gasteiger partial charge in [-0.3, -0.25) is 0 Å². The quantitative estimate of drug-likeness (QED) is 0.632. The van der Waals surface area contributed by atoms with Crippen LogP contribution in [0.2, 0.25) is 0 Å². The topological polar surface area (TPSA) is 26.0 Å². The van der Waals surface area contributed by atoms with Crippen molar-refractivity contribution in [2.45, 2.75) is 13.8 Å². The van der Waals surface area contributed by atoms with Gasteiger partial charge in [-0.05, 0) is 42.7 Å². The summed E-state index contributed by atoms with van der Waals surface area (Å²) in [5.74, 6) is 2.69. The van der Waals surface area contributed by atoms with Gasteiger partial charge in [0.05, 0.1) is 0 Å². The highest BCUT2D eigenvalue weighted by atomic mass is 14.5. The molecule has 0 spiro atoms. The monoisotopic (exact) mass is 249 g/mol. The molecule has 0 atom stereocenters. The normalized spacial score (nSPS) is 12.5. The van der Waals surface area contributed by atoms with Gasteiger partial charge in [-0.25, -0.2) is 0 Å². The summed E-state index contributed by atoms with van der Waals surface area (Å²) in [6.07, 6.45) is 13.3. The first kappa shape index (κ1) is 14.6. The van der Waals surface area contributed by atoms with Crippen molar-refractivity contribution in [2.24, 2.45) is 5.73 Å². The zero-order valence-electron chi connectivity index (χ0n) is 11.5. The van der Waals surface area contributed by atoms with Gasteiger partial charge in [0.15, 0.2) is 0 Å². The lowest BCUT2D eigenvalue weighted by Crippen LogP contribution is -1.90. The Hall–Kier alpha value is -2.46. The highest BCUT2D eigenvalue weighted by Crippen LogP contribution is 2.18. The summed E-state index contributed by atoms with van der Waals surface area (Å²) < 4.78 is 0. The van der Waals surface area contributed by atoms with Crippen LogP contribution in [0.25, 0.3) is 6.08 Å². The zero-order valence-corrected chi connectivity index (χ0v) is 11.5. The SMILES string of the molecule is C#Cc1ccccc1/C=C(C)/C(/C=C\C(=C)N)=C/C. The van der Waals surface area contributed by atoms with Crippen molar-refractivity contribution in [2.75, 3.05) is 0 Å². The van der Waals surface area contributed by atoms with Crippen molar-refractivity contribution in [3.63, 3.8) is 0 Å². The standard InChI is InChI=1S/C18H19N/c1-5-16(12-11-15(4)19)14(3)13-18-10-8-7-9-17(18)6-2/h2,5,7-13H,4,19H2,1,3H3/b12-11-,14-13+,16-5+. The lowest BCUT2D eigenvalue weighted by molar-refractivity contribution is 1.39. The van der Waals surface area contributed by atoms with Gasteiger partial charge in [-0.15, -0.1) is 6.42 Å². The van der Waals surface area contributed by atoms with Gasteiger partial charge in [-0.1, -0.05) is 48.9 Å². The average Bonchev–Trinajstić information content (AvgIpc) is 2.39. The molecule has 0 radical (unpaired) electrons. The summed E-state index contributed by atoms with van der Waals surface area (Å²) in [6, 6.07) is 7.87. The van der Waals surface area contributed by atoms with Crippen molar-refractivity contribution in [3.05, 3.63) is 77.0 Å². The molecule has 0 fully saturated rings. The van der Waals surface area contributed by atoms with Gasteiger partial charge in [0, 0.05) is 11.3 Å². The number of hydrogen-bond acceptors (Lipinski definition) is 1. The maximum Gasteiger partial charge on any atom is 0.0315 e. The first-order chi connectivity index (χ1) is 9.08. The van der Waals surface area contributed by atoms with Gasteiger partial charge in [0.25, 0.3) is 0 Å². The van der Waals surface area contributed by atoms with E-state index in [1.54, 1.807) is 6.08 Å². The van der Waals surface area contributed by atoms with Gasteiger partial charge < -0.3 is 5.73 Å². The Bertz CT molecular complexity index is 592. The van der Waals surface area contributed by atoms with Crippen LogP contribution in [0.1, 0.15) is 25.0 Å². The molecule has 0 saturated heterocycles. The van der Waals surface area contributed by atoms with Gasteiger partial charge in [0.2, 0.25) is 0 Å². The second-order valence-electron chi connectivity index (χ2n) is 4.21. The molecule has 0 aliphatic carbocycles. The molecule has 96 valence electrons. The lowest BCUT2D eigenvalue weighted by Gasteiger charge is -2.04. The van der Waals surface area contributed by atoms with Crippen LogP contribution in [-0.2, 0) is 0 Å². The Balaban J connectivity index is 3.11. The third-order valence-electron chi connectivity index (χ3n) is 2.73. The molecule has 1 aromatic rings. The van der Waals surface area contributed by atoms with E-state index in [2.05, 4.69) is 18.6 Å². The van der Waals surface area contributed by atoms with Crippen LogP contribution >= 0.6 is 0 Å². The van der Waals surface area contributed by atoms with E-state index in [1.165, 1.54) is 0 Å². The molecule has 19 heavy (non-hydrogen) atoms. The first-order valence-electron chi connectivity index (χ1n) is 6.11. The minimum absolute atomic E-state index is 0.538. The fraction of sp³-hybridized carbons (Fsp3) is 0.111. The maximum absolute atomic E-state index is 5.54. The highest BCUT2D eigenvalue weighted by molar-refractivity contribution is 5.65. The Labute approximate surface area is 115 Å². The van der Waals surface area contributed by atoms with Crippen LogP contribution in [0.5, 0.6) is 0 Å². The number of benzene rings is 1. The summed E-state index contributed by atoms with van der Waals surface area (Å²) in [6.45, 7) is 7.69. The van der Waals surface area contributed by atoms with E-state index in [4.69, 9.17) is 12.2 Å². The predicted molar refractivity (Wildman–Crippen MR) is 84.3 cm³/mol. The summed E-state index contributed by atoms with van der Waals surface area (Å²) >= 11 is 0. The molecule has 1 rings (SSSR count). The molecule has 0 aromatic heterocycles. The molecule has 0 heterocycles. The molecule has 0 unspecified atom stereocenters. The lowest BCUT2D eigenvalue weighted by atomic mass is 10.0. The maximum atomic E-state index is 5.54. The zero-order chi connectivity index (χ0) is 14.3. The fourth-order valence-corrected chi connectivity index (χ4v) is 1.72. The third kappa shape index (κ3) is 4.37. The molecule has 2 N–H and O–H groups in total. The van der Waals surface area contributed by atoms with Crippen LogP contribution in [0.15, 0.2) is 65.9 Å². The van der Waals surface area contributed by atoms with Gasteiger partial charge in [0.1, 0.15) is 0 Å². The van der Waals surface area contributed by atoms with E-state index in [-0.39, 0.29) is 0 Å². The van der Waals surface area contributed by atoms with Gasteiger partial charge in [-0.2, -0.15) is 0 Å². The first-order valence-corrected chi connectivity index (χ1v) is 6.11. The number of allylic oxidation sites excluding steroid dienone is 5. The van der Waals surface area contributed by atoms with E-state index in [0.29, 0.717) is 5.70 Å². The van der Waals surface area contributed by atoms with E-state index in [9.17, 15) is 0 Å². The fourth-order valence-electron chi connectivity index (χ4n) is 1.72. The second kappa shape index (κ2) is 7.08. The van der Waals surface area contributed by atoms with E-state index in [1.807, 2.05) is 50.3 Å². The molecule has 1 nitrogen and oxygen atoms in total. The Morgan fingerprint density at radius 2 is 2.00 bits per heavy atom. The molecule has 1 aromatic carbocycles. The number of rotatable bonds is 4. The number of terminal acetylenes is 1. The number of hydrogen-bond donors (Lipinski definition) is 1.